The first-order valence-electron chi connectivity index (χ1n) is 14.0. The Bertz CT molecular complexity index is 135. The van der Waals surface area contributed by atoms with Crippen LogP contribution in [-0.2, 0) is 0 Å². The van der Waals surface area contributed by atoms with E-state index in [2.05, 4.69) is 0 Å². The van der Waals surface area contributed by atoms with Crippen LogP contribution in [0.5, 0.6) is 0 Å². The van der Waals surface area contributed by atoms with Crippen molar-refractivity contribution in [3.05, 3.63) is 0 Å². The van der Waals surface area contributed by atoms with E-state index in [1.165, 1.54) is 180 Å². The van der Waals surface area contributed by atoms with Crippen molar-refractivity contribution in [2.24, 2.45) is 0 Å². The highest BCUT2D eigenvalue weighted by atomic mass is 14.0. The first kappa shape index (κ1) is 26.0. The Morgan fingerprint density at radius 3 is 0.143 bits per heavy atom. The van der Waals surface area contributed by atoms with Gasteiger partial charge in [-0.15, -0.1) is 0 Å². The van der Waals surface area contributed by atoms with Crippen molar-refractivity contribution in [3.8, 4) is 0 Å². The maximum Gasteiger partial charge on any atom is -0.0533 e. The molecule has 0 nitrogen and oxygen atoms in total. The van der Waals surface area contributed by atoms with Gasteiger partial charge in [-0.3, -0.25) is 0 Å². The molecule has 1 aliphatic carbocycles. The molecule has 0 aromatic carbocycles. The summed E-state index contributed by atoms with van der Waals surface area (Å²) in [7, 11) is 0. The highest BCUT2D eigenvalue weighted by Crippen LogP contribution is 2.17. The third kappa shape index (κ3) is 20.7. The highest BCUT2D eigenvalue weighted by Gasteiger charge is 1.97. The van der Waals surface area contributed by atoms with Gasteiger partial charge in [-0.2, -0.15) is 0 Å². The topological polar surface area (TPSA) is 0 Å². The smallest absolute Gasteiger partial charge is 0.0533 e. The minimum absolute atomic E-state index is 1.50. The fraction of sp³-hybridized carbons (Fsp3) is 1.00. The zero-order chi connectivity index (χ0) is 19.8. The Morgan fingerprint density at radius 1 is 0.0714 bits per heavy atom. The van der Waals surface area contributed by atoms with Gasteiger partial charge in [-0.1, -0.05) is 180 Å². The maximum atomic E-state index is 1.50. The molecule has 168 valence electrons. The molecule has 0 heterocycles. The molecule has 0 aliphatic heterocycles. The summed E-state index contributed by atoms with van der Waals surface area (Å²) in [6.45, 7) is 0. The van der Waals surface area contributed by atoms with Crippen LogP contribution in [0.2, 0.25) is 0 Å². The summed E-state index contributed by atoms with van der Waals surface area (Å²) in [5, 5.41) is 0. The van der Waals surface area contributed by atoms with Gasteiger partial charge in [0.05, 0.1) is 0 Å². The predicted octanol–water partition coefficient (Wildman–Crippen LogP) is 10.9. The predicted molar refractivity (Wildman–Crippen MR) is 129 cm³/mol. The minimum Gasteiger partial charge on any atom is -0.0533 e. The fourth-order valence-corrected chi connectivity index (χ4v) is 4.95. The summed E-state index contributed by atoms with van der Waals surface area (Å²) >= 11 is 0. The number of rotatable bonds is 0. The highest BCUT2D eigenvalue weighted by molar-refractivity contribution is 4.53. The molecule has 1 rings (SSSR count). The summed E-state index contributed by atoms with van der Waals surface area (Å²) in [6.07, 6.45) is 42.0. The molecular weight excluding hydrogens is 336 g/mol. The van der Waals surface area contributed by atoms with E-state index in [1.807, 2.05) is 0 Å². The van der Waals surface area contributed by atoms with Gasteiger partial charge in [0.25, 0.3) is 0 Å². The third-order valence-electron chi connectivity index (χ3n) is 7.00. The molecule has 0 aromatic rings. The molecule has 0 N–H and O–H groups in total. The summed E-state index contributed by atoms with van der Waals surface area (Å²) in [4.78, 5) is 0. The second-order valence-corrected chi connectivity index (χ2v) is 9.90. The molecule has 0 spiro atoms. The van der Waals surface area contributed by atoms with Crippen molar-refractivity contribution in [2.45, 2.75) is 180 Å². The summed E-state index contributed by atoms with van der Waals surface area (Å²) in [6, 6.07) is 0. The van der Waals surface area contributed by atoms with Crippen LogP contribution in [0.1, 0.15) is 180 Å². The van der Waals surface area contributed by atoms with Crippen molar-refractivity contribution in [3.63, 3.8) is 0 Å². The van der Waals surface area contributed by atoms with Crippen molar-refractivity contribution in [1.82, 2.24) is 0 Å². The van der Waals surface area contributed by atoms with E-state index >= 15 is 0 Å². The van der Waals surface area contributed by atoms with E-state index in [9.17, 15) is 0 Å². The van der Waals surface area contributed by atoms with Gasteiger partial charge in [0.1, 0.15) is 0 Å². The third-order valence-corrected chi connectivity index (χ3v) is 7.00. The van der Waals surface area contributed by atoms with Crippen LogP contribution in [0, 0.1) is 0 Å². The van der Waals surface area contributed by atoms with Gasteiger partial charge < -0.3 is 0 Å². The van der Waals surface area contributed by atoms with Crippen molar-refractivity contribution >= 4 is 0 Å². The Hall–Kier alpha value is 0. The Kier molecular flexibility index (Phi) is 21.6. The van der Waals surface area contributed by atoms with Crippen molar-refractivity contribution in [2.75, 3.05) is 0 Å². The second-order valence-electron chi connectivity index (χ2n) is 9.90. The molecule has 0 heteroatoms. The fourth-order valence-electron chi connectivity index (χ4n) is 4.95. The normalized spacial score (nSPS) is 24.0. The molecule has 0 unspecified atom stereocenters. The Labute approximate surface area is 180 Å². The van der Waals surface area contributed by atoms with Gasteiger partial charge in [0, 0.05) is 0 Å². The van der Waals surface area contributed by atoms with Gasteiger partial charge in [-0.25, -0.2) is 0 Å². The quantitative estimate of drug-likeness (QED) is 0.384. The summed E-state index contributed by atoms with van der Waals surface area (Å²) in [5.41, 5.74) is 0. The van der Waals surface area contributed by atoms with E-state index in [1.54, 1.807) is 0 Å². The van der Waals surface area contributed by atoms with Crippen LogP contribution in [0.25, 0.3) is 0 Å². The molecular formula is C28H56. The van der Waals surface area contributed by atoms with Crippen LogP contribution in [-0.4, -0.2) is 0 Å². The van der Waals surface area contributed by atoms with Crippen molar-refractivity contribution in [1.29, 1.82) is 0 Å². The molecule has 1 fully saturated rings. The minimum atomic E-state index is 1.50. The maximum absolute atomic E-state index is 1.50. The average molecular weight is 393 g/mol. The van der Waals surface area contributed by atoms with E-state index in [-0.39, 0.29) is 0 Å². The molecule has 1 saturated carbocycles. The van der Waals surface area contributed by atoms with Crippen LogP contribution >= 0.6 is 0 Å². The lowest BCUT2D eigenvalue weighted by atomic mass is 10.0. The van der Waals surface area contributed by atoms with E-state index in [4.69, 9.17) is 0 Å². The monoisotopic (exact) mass is 392 g/mol. The largest absolute Gasteiger partial charge is 0.0533 e. The molecule has 0 aromatic heterocycles. The van der Waals surface area contributed by atoms with E-state index in [0.717, 1.165) is 0 Å². The van der Waals surface area contributed by atoms with Gasteiger partial charge in [0.2, 0.25) is 0 Å². The van der Waals surface area contributed by atoms with Crippen LogP contribution in [0.3, 0.4) is 0 Å². The lowest BCUT2D eigenvalue weighted by Gasteiger charge is -2.05. The second kappa shape index (κ2) is 23.3. The zero-order valence-corrected chi connectivity index (χ0v) is 19.8. The molecule has 0 atom stereocenters. The number of hydrogen-bond acceptors (Lipinski definition) is 0. The average Bonchev–Trinajstić information content (AvgIpc) is 2.71. The van der Waals surface area contributed by atoms with Gasteiger partial charge in [0.15, 0.2) is 0 Å². The first-order valence-corrected chi connectivity index (χ1v) is 14.0. The molecule has 28 heavy (non-hydrogen) atoms. The Morgan fingerprint density at radius 2 is 0.107 bits per heavy atom. The van der Waals surface area contributed by atoms with Crippen LogP contribution < -0.4 is 0 Å². The first-order chi connectivity index (χ1) is 14.0. The lowest BCUT2D eigenvalue weighted by Crippen LogP contribution is -1.85. The van der Waals surface area contributed by atoms with E-state index in [0.29, 0.717) is 0 Å². The molecule has 0 saturated heterocycles. The zero-order valence-electron chi connectivity index (χ0n) is 19.8. The standard InChI is InChI=1S/C28H56/c1-2-4-6-8-10-12-14-16-18-20-22-24-26-28-27-25-23-21-19-17-15-13-11-9-7-5-3-1/h1-28H2. The molecule has 0 bridgehead atoms. The SMILES string of the molecule is C1CCCCCCCCCCCCCCCCCCCCCCCCCCC1. The van der Waals surface area contributed by atoms with Crippen molar-refractivity contribution < 1.29 is 0 Å². The molecule has 1 aliphatic rings. The summed E-state index contributed by atoms with van der Waals surface area (Å²) < 4.78 is 0. The van der Waals surface area contributed by atoms with Gasteiger partial charge in [-0.05, 0) is 0 Å². The summed E-state index contributed by atoms with van der Waals surface area (Å²) in [5.74, 6) is 0. The molecule has 0 radical (unpaired) electrons. The van der Waals surface area contributed by atoms with Gasteiger partial charge >= 0.3 is 0 Å². The Balaban J connectivity index is 2.00. The van der Waals surface area contributed by atoms with Crippen LogP contribution in [0.4, 0.5) is 0 Å². The lowest BCUT2D eigenvalue weighted by molar-refractivity contribution is 0.504. The van der Waals surface area contributed by atoms with E-state index < -0.39 is 0 Å². The number of hydrogen-bond donors (Lipinski definition) is 0. The van der Waals surface area contributed by atoms with Crippen LogP contribution in [0.15, 0.2) is 0 Å². The molecule has 0 amide bonds.